The van der Waals surface area contributed by atoms with E-state index in [9.17, 15) is 9.59 Å². The lowest BCUT2D eigenvalue weighted by Gasteiger charge is -2.20. The standard InChI is InChI=1S/C12H13BrN2O3/c1-2-18-12(17)15-6-5-14-11(16)9-7-8(13)3-4-10(9)15/h3-4,7H,2,5-6H2,1H3,(H,14,16). The number of benzene rings is 1. The van der Waals surface area contributed by atoms with E-state index in [4.69, 9.17) is 4.74 Å². The van der Waals surface area contributed by atoms with Crippen molar-refractivity contribution < 1.29 is 14.3 Å². The normalized spacial score (nSPS) is 14.6. The summed E-state index contributed by atoms with van der Waals surface area (Å²) in [5, 5.41) is 2.75. The van der Waals surface area contributed by atoms with Crippen LogP contribution in [0.4, 0.5) is 10.5 Å². The zero-order valence-electron chi connectivity index (χ0n) is 9.90. The summed E-state index contributed by atoms with van der Waals surface area (Å²) in [6.45, 7) is 2.87. The lowest BCUT2D eigenvalue weighted by atomic mass is 10.1. The highest BCUT2D eigenvalue weighted by molar-refractivity contribution is 9.10. The first kappa shape index (κ1) is 12.9. The summed E-state index contributed by atoms with van der Waals surface area (Å²) in [4.78, 5) is 25.2. The van der Waals surface area contributed by atoms with E-state index in [1.54, 1.807) is 25.1 Å². The van der Waals surface area contributed by atoms with Gasteiger partial charge in [0.15, 0.2) is 0 Å². The van der Waals surface area contributed by atoms with Gasteiger partial charge in [0.25, 0.3) is 5.91 Å². The molecule has 1 N–H and O–H groups in total. The van der Waals surface area contributed by atoms with Gasteiger partial charge in [-0.05, 0) is 25.1 Å². The van der Waals surface area contributed by atoms with Gasteiger partial charge in [0.1, 0.15) is 0 Å². The first-order chi connectivity index (χ1) is 8.63. The van der Waals surface area contributed by atoms with Crippen molar-refractivity contribution in [3.05, 3.63) is 28.2 Å². The summed E-state index contributed by atoms with van der Waals surface area (Å²) < 4.78 is 5.79. The maximum absolute atomic E-state index is 11.9. The second kappa shape index (κ2) is 5.39. The van der Waals surface area contributed by atoms with Crippen molar-refractivity contribution in [2.24, 2.45) is 0 Å². The molecule has 6 heteroatoms. The van der Waals surface area contributed by atoms with Crippen molar-refractivity contribution in [1.29, 1.82) is 0 Å². The number of carbonyl (C=O) groups is 2. The van der Waals surface area contributed by atoms with E-state index >= 15 is 0 Å². The maximum atomic E-state index is 11.9. The molecular formula is C12H13BrN2O3. The molecule has 18 heavy (non-hydrogen) atoms. The molecule has 2 rings (SSSR count). The predicted octanol–water partition coefficient (Wildman–Crippen LogP) is 2.16. The van der Waals surface area contributed by atoms with Gasteiger partial charge in [-0.25, -0.2) is 4.79 Å². The summed E-state index contributed by atoms with van der Waals surface area (Å²) in [6.07, 6.45) is -0.433. The van der Waals surface area contributed by atoms with Crippen LogP contribution in [-0.2, 0) is 4.74 Å². The molecule has 0 unspecified atom stereocenters. The second-order valence-electron chi connectivity index (χ2n) is 3.77. The van der Waals surface area contributed by atoms with E-state index < -0.39 is 6.09 Å². The molecule has 96 valence electrons. The Hall–Kier alpha value is -1.56. The first-order valence-electron chi connectivity index (χ1n) is 5.65. The van der Waals surface area contributed by atoms with Crippen LogP contribution in [0.15, 0.2) is 22.7 Å². The van der Waals surface area contributed by atoms with Gasteiger partial charge in [0.2, 0.25) is 0 Å². The lowest BCUT2D eigenvalue weighted by molar-refractivity contribution is 0.0957. The first-order valence-corrected chi connectivity index (χ1v) is 6.45. The number of hydrogen-bond donors (Lipinski definition) is 1. The van der Waals surface area contributed by atoms with Crippen LogP contribution in [0.1, 0.15) is 17.3 Å². The molecule has 1 heterocycles. The van der Waals surface area contributed by atoms with Gasteiger partial charge < -0.3 is 10.1 Å². The Labute approximate surface area is 113 Å². The molecule has 0 aliphatic carbocycles. The number of amides is 2. The van der Waals surface area contributed by atoms with Crippen molar-refractivity contribution in [2.45, 2.75) is 6.92 Å². The topological polar surface area (TPSA) is 58.6 Å². The third-order valence-corrected chi connectivity index (χ3v) is 3.10. The van der Waals surface area contributed by atoms with Crippen molar-refractivity contribution in [1.82, 2.24) is 5.32 Å². The van der Waals surface area contributed by atoms with Crippen LogP contribution in [0.3, 0.4) is 0 Å². The molecule has 2 amide bonds. The third kappa shape index (κ3) is 2.48. The number of carbonyl (C=O) groups excluding carboxylic acids is 2. The molecule has 0 saturated heterocycles. The van der Waals surface area contributed by atoms with E-state index in [-0.39, 0.29) is 5.91 Å². The van der Waals surface area contributed by atoms with Crippen molar-refractivity contribution >= 4 is 33.6 Å². The lowest BCUT2D eigenvalue weighted by Crippen LogP contribution is -2.35. The zero-order valence-corrected chi connectivity index (χ0v) is 11.5. The number of halogens is 1. The summed E-state index contributed by atoms with van der Waals surface area (Å²) in [7, 11) is 0. The Kier molecular flexibility index (Phi) is 3.86. The Bertz CT molecular complexity index is 490. The quantitative estimate of drug-likeness (QED) is 0.864. The van der Waals surface area contributed by atoms with Crippen LogP contribution >= 0.6 is 15.9 Å². The molecule has 1 aromatic rings. The highest BCUT2D eigenvalue weighted by Gasteiger charge is 2.25. The van der Waals surface area contributed by atoms with E-state index in [0.29, 0.717) is 30.9 Å². The Morgan fingerprint density at radius 2 is 2.33 bits per heavy atom. The smallest absolute Gasteiger partial charge is 0.414 e. The zero-order chi connectivity index (χ0) is 13.1. The highest BCUT2D eigenvalue weighted by atomic mass is 79.9. The number of hydrogen-bond acceptors (Lipinski definition) is 3. The molecular weight excluding hydrogens is 300 g/mol. The van der Waals surface area contributed by atoms with Gasteiger partial charge in [-0.3, -0.25) is 9.69 Å². The van der Waals surface area contributed by atoms with Gasteiger partial charge in [-0.1, -0.05) is 15.9 Å². The molecule has 1 aliphatic heterocycles. The molecule has 0 radical (unpaired) electrons. The van der Waals surface area contributed by atoms with Crippen molar-refractivity contribution in [2.75, 3.05) is 24.6 Å². The van der Waals surface area contributed by atoms with E-state index in [1.807, 2.05) is 0 Å². The van der Waals surface area contributed by atoms with Crippen LogP contribution in [0.25, 0.3) is 0 Å². The van der Waals surface area contributed by atoms with Crippen LogP contribution in [0.2, 0.25) is 0 Å². The summed E-state index contributed by atoms with van der Waals surface area (Å²) >= 11 is 3.32. The Morgan fingerprint density at radius 1 is 1.56 bits per heavy atom. The van der Waals surface area contributed by atoms with Crippen LogP contribution in [-0.4, -0.2) is 31.7 Å². The van der Waals surface area contributed by atoms with E-state index in [0.717, 1.165) is 4.47 Å². The van der Waals surface area contributed by atoms with Gasteiger partial charge in [-0.15, -0.1) is 0 Å². The van der Waals surface area contributed by atoms with Crippen LogP contribution < -0.4 is 10.2 Å². The average Bonchev–Trinajstić information content (AvgIpc) is 2.50. The summed E-state index contributed by atoms with van der Waals surface area (Å²) in [5.41, 5.74) is 1.04. The molecule has 0 bridgehead atoms. The number of rotatable bonds is 1. The van der Waals surface area contributed by atoms with Gasteiger partial charge >= 0.3 is 6.09 Å². The number of anilines is 1. The largest absolute Gasteiger partial charge is 0.449 e. The molecule has 0 atom stereocenters. The van der Waals surface area contributed by atoms with Crippen molar-refractivity contribution in [3.63, 3.8) is 0 Å². The fourth-order valence-electron chi connectivity index (χ4n) is 1.81. The van der Waals surface area contributed by atoms with Crippen LogP contribution in [0.5, 0.6) is 0 Å². The fraction of sp³-hybridized carbons (Fsp3) is 0.333. The Morgan fingerprint density at radius 3 is 3.06 bits per heavy atom. The minimum Gasteiger partial charge on any atom is -0.449 e. The van der Waals surface area contributed by atoms with Gasteiger partial charge in [0, 0.05) is 17.6 Å². The monoisotopic (exact) mass is 312 g/mol. The molecule has 1 aliphatic rings. The number of fused-ring (bicyclic) bond motifs is 1. The van der Waals surface area contributed by atoms with E-state index in [2.05, 4.69) is 21.2 Å². The number of ether oxygens (including phenoxy) is 1. The molecule has 1 aromatic carbocycles. The summed E-state index contributed by atoms with van der Waals surface area (Å²) in [6, 6.07) is 5.23. The molecule has 0 saturated carbocycles. The predicted molar refractivity (Wildman–Crippen MR) is 70.8 cm³/mol. The number of nitrogens with zero attached hydrogens (tertiary/aromatic N) is 1. The molecule has 0 fully saturated rings. The van der Waals surface area contributed by atoms with Crippen LogP contribution in [0, 0.1) is 0 Å². The second-order valence-corrected chi connectivity index (χ2v) is 4.68. The number of nitrogens with one attached hydrogen (secondary N) is 1. The minimum absolute atomic E-state index is 0.182. The van der Waals surface area contributed by atoms with Gasteiger partial charge in [-0.2, -0.15) is 0 Å². The molecule has 0 aromatic heterocycles. The highest BCUT2D eigenvalue weighted by Crippen LogP contribution is 2.26. The summed E-state index contributed by atoms with van der Waals surface area (Å²) in [5.74, 6) is -0.182. The molecule has 5 nitrogen and oxygen atoms in total. The Balaban J connectivity index is 2.43. The molecule has 0 spiro atoms. The fourth-order valence-corrected chi connectivity index (χ4v) is 2.17. The van der Waals surface area contributed by atoms with Crippen molar-refractivity contribution in [3.8, 4) is 0 Å². The minimum atomic E-state index is -0.433. The maximum Gasteiger partial charge on any atom is 0.414 e. The SMILES string of the molecule is CCOC(=O)N1CCNC(=O)c2cc(Br)ccc21. The van der Waals surface area contributed by atoms with E-state index in [1.165, 1.54) is 4.90 Å². The van der Waals surface area contributed by atoms with Gasteiger partial charge in [0.05, 0.1) is 17.9 Å². The third-order valence-electron chi connectivity index (χ3n) is 2.60. The average molecular weight is 313 g/mol.